The zero-order chi connectivity index (χ0) is 6.24. The molecule has 0 fully saturated rings. The molecule has 8 heavy (non-hydrogen) atoms. The lowest BCUT2D eigenvalue weighted by molar-refractivity contribution is 0.140. The average molecular weight is 117 g/mol. The van der Waals surface area contributed by atoms with E-state index in [9.17, 15) is 0 Å². The Morgan fingerprint density at radius 1 is 1.38 bits per heavy atom. The summed E-state index contributed by atoms with van der Waals surface area (Å²) in [7, 11) is 0. The molecule has 3 nitrogen and oxygen atoms in total. The Balaban J connectivity index is 2.53. The van der Waals surface area contributed by atoms with Crippen molar-refractivity contribution in [3.63, 3.8) is 0 Å². The highest BCUT2D eigenvalue weighted by Gasteiger charge is 1.84. The van der Waals surface area contributed by atoms with Crippen LogP contribution in [0.4, 0.5) is 0 Å². The molecule has 0 rings (SSSR count). The highest BCUT2D eigenvalue weighted by molar-refractivity contribution is 4.63. The maximum atomic E-state index is 5.21. The lowest BCUT2D eigenvalue weighted by Crippen LogP contribution is -2.03. The minimum atomic E-state index is 0.597. The number of nitrogens with two attached hydrogens (primary N) is 2. The SMILES string of the molecule is NCC[CH]CCON. The Bertz CT molecular complexity index is 35.4. The fourth-order valence-electron chi connectivity index (χ4n) is 0.414. The van der Waals surface area contributed by atoms with E-state index in [4.69, 9.17) is 11.6 Å². The van der Waals surface area contributed by atoms with Crippen LogP contribution in [0.3, 0.4) is 0 Å². The fourth-order valence-corrected chi connectivity index (χ4v) is 0.414. The Morgan fingerprint density at radius 3 is 2.62 bits per heavy atom. The van der Waals surface area contributed by atoms with Crippen LogP contribution in [0.15, 0.2) is 0 Å². The first-order valence-electron chi connectivity index (χ1n) is 2.75. The van der Waals surface area contributed by atoms with Gasteiger partial charge in [0.25, 0.3) is 0 Å². The van der Waals surface area contributed by atoms with Gasteiger partial charge >= 0.3 is 0 Å². The summed E-state index contributed by atoms with van der Waals surface area (Å²) in [5.74, 6) is 4.76. The second-order valence-corrected chi connectivity index (χ2v) is 1.53. The molecule has 1 radical (unpaired) electrons. The van der Waals surface area contributed by atoms with Crippen molar-refractivity contribution < 1.29 is 4.84 Å². The fraction of sp³-hybridized carbons (Fsp3) is 0.800. The third-order valence-corrected chi connectivity index (χ3v) is 0.811. The van der Waals surface area contributed by atoms with Gasteiger partial charge in [0.2, 0.25) is 0 Å². The maximum Gasteiger partial charge on any atom is 0.0682 e. The highest BCUT2D eigenvalue weighted by atomic mass is 16.6. The Morgan fingerprint density at radius 2 is 2.12 bits per heavy atom. The van der Waals surface area contributed by atoms with E-state index in [1.807, 2.05) is 0 Å². The van der Waals surface area contributed by atoms with Gasteiger partial charge in [-0.3, -0.25) is 0 Å². The molecule has 0 saturated carbocycles. The van der Waals surface area contributed by atoms with Gasteiger partial charge in [-0.2, -0.15) is 0 Å². The minimum absolute atomic E-state index is 0.597. The molecule has 0 bridgehead atoms. The summed E-state index contributed by atoms with van der Waals surface area (Å²) in [6, 6.07) is 0. The third kappa shape index (κ3) is 5.88. The quantitative estimate of drug-likeness (QED) is 0.388. The zero-order valence-electron chi connectivity index (χ0n) is 4.97. The van der Waals surface area contributed by atoms with Crippen LogP contribution in [-0.2, 0) is 4.84 Å². The minimum Gasteiger partial charge on any atom is -0.330 e. The lowest BCUT2D eigenvalue weighted by Gasteiger charge is -1.94. The van der Waals surface area contributed by atoms with Crippen LogP contribution in [0, 0.1) is 6.42 Å². The molecule has 0 atom stereocenters. The van der Waals surface area contributed by atoms with Crippen molar-refractivity contribution >= 4 is 0 Å². The molecule has 0 aromatic carbocycles. The molecular formula is C5H13N2O. The topological polar surface area (TPSA) is 61.3 Å². The van der Waals surface area contributed by atoms with Crippen LogP contribution in [0.25, 0.3) is 0 Å². The monoisotopic (exact) mass is 117 g/mol. The Kier molecular flexibility index (Phi) is 6.78. The molecule has 0 spiro atoms. The van der Waals surface area contributed by atoms with Gasteiger partial charge in [-0.1, -0.05) is 0 Å². The Hall–Kier alpha value is -0.120. The van der Waals surface area contributed by atoms with Crippen molar-refractivity contribution in [3.8, 4) is 0 Å². The van der Waals surface area contributed by atoms with Gasteiger partial charge in [-0.15, -0.1) is 0 Å². The second-order valence-electron chi connectivity index (χ2n) is 1.53. The van der Waals surface area contributed by atoms with Crippen molar-refractivity contribution in [1.82, 2.24) is 0 Å². The molecule has 0 heterocycles. The molecular weight excluding hydrogens is 104 g/mol. The van der Waals surface area contributed by atoms with Crippen LogP contribution < -0.4 is 11.6 Å². The first-order chi connectivity index (χ1) is 3.91. The number of hydrogen-bond acceptors (Lipinski definition) is 3. The molecule has 0 saturated heterocycles. The summed E-state index contributed by atoms with van der Waals surface area (Å²) < 4.78 is 0. The van der Waals surface area contributed by atoms with Crippen molar-refractivity contribution in [1.29, 1.82) is 0 Å². The van der Waals surface area contributed by atoms with Gasteiger partial charge in [-0.05, 0) is 25.8 Å². The van der Waals surface area contributed by atoms with Gasteiger partial charge in [0, 0.05) is 0 Å². The van der Waals surface area contributed by atoms with Crippen LogP contribution in [0.2, 0.25) is 0 Å². The normalized spacial score (nSPS) is 9.75. The van der Waals surface area contributed by atoms with Gasteiger partial charge < -0.3 is 10.6 Å². The maximum absolute atomic E-state index is 5.21. The smallest absolute Gasteiger partial charge is 0.0682 e. The van der Waals surface area contributed by atoms with Crippen molar-refractivity contribution in [3.05, 3.63) is 6.42 Å². The van der Waals surface area contributed by atoms with E-state index in [2.05, 4.69) is 11.3 Å². The van der Waals surface area contributed by atoms with E-state index in [0.717, 1.165) is 12.8 Å². The predicted octanol–water partition coefficient (Wildman–Crippen LogP) is -0.180. The molecule has 4 N–H and O–H groups in total. The predicted molar refractivity (Wildman–Crippen MR) is 32.7 cm³/mol. The summed E-state index contributed by atoms with van der Waals surface area (Å²) in [4.78, 5) is 4.32. The van der Waals surface area contributed by atoms with Crippen molar-refractivity contribution in [2.45, 2.75) is 12.8 Å². The molecule has 0 aromatic rings. The lowest BCUT2D eigenvalue weighted by atomic mass is 10.2. The van der Waals surface area contributed by atoms with Crippen LogP contribution in [0.5, 0.6) is 0 Å². The average Bonchev–Trinajstić information content (AvgIpc) is 1.81. The zero-order valence-corrected chi connectivity index (χ0v) is 4.97. The highest BCUT2D eigenvalue weighted by Crippen LogP contribution is 1.89. The number of rotatable bonds is 5. The van der Waals surface area contributed by atoms with Gasteiger partial charge in [0.1, 0.15) is 0 Å². The number of hydrogen-bond donors (Lipinski definition) is 2. The first kappa shape index (κ1) is 7.88. The summed E-state index contributed by atoms with van der Waals surface area (Å²) in [6.07, 6.45) is 3.91. The van der Waals surface area contributed by atoms with Gasteiger partial charge in [0.05, 0.1) is 6.61 Å². The molecule has 0 aliphatic rings. The molecule has 0 aliphatic carbocycles. The summed E-state index contributed by atoms with van der Waals surface area (Å²) >= 11 is 0. The first-order valence-corrected chi connectivity index (χ1v) is 2.75. The van der Waals surface area contributed by atoms with E-state index >= 15 is 0 Å². The van der Waals surface area contributed by atoms with E-state index in [1.165, 1.54) is 0 Å². The van der Waals surface area contributed by atoms with E-state index in [-0.39, 0.29) is 0 Å². The standard InChI is InChI=1S/C5H13N2O/c6-4-2-1-3-5-8-7/h1H,2-7H2. The van der Waals surface area contributed by atoms with Gasteiger partial charge in [-0.25, -0.2) is 5.90 Å². The van der Waals surface area contributed by atoms with Crippen molar-refractivity contribution in [2.24, 2.45) is 11.6 Å². The molecule has 0 amide bonds. The van der Waals surface area contributed by atoms with E-state index in [0.29, 0.717) is 13.2 Å². The third-order valence-electron chi connectivity index (χ3n) is 0.811. The van der Waals surface area contributed by atoms with Crippen molar-refractivity contribution in [2.75, 3.05) is 13.2 Å². The van der Waals surface area contributed by atoms with Gasteiger partial charge in [0.15, 0.2) is 0 Å². The molecule has 3 heteroatoms. The largest absolute Gasteiger partial charge is 0.330 e. The second kappa shape index (κ2) is 6.88. The summed E-state index contributed by atoms with van der Waals surface area (Å²) in [5.41, 5.74) is 5.21. The number of unbranched alkanes of at least 4 members (excludes halogenated alkanes) is 2. The summed E-state index contributed by atoms with van der Waals surface area (Å²) in [5, 5.41) is 0. The molecule has 0 unspecified atom stereocenters. The summed E-state index contributed by atoms with van der Waals surface area (Å²) in [6.45, 7) is 1.31. The molecule has 0 aliphatic heterocycles. The van der Waals surface area contributed by atoms with E-state index in [1.54, 1.807) is 0 Å². The molecule has 0 aromatic heterocycles. The van der Waals surface area contributed by atoms with Crippen LogP contribution in [-0.4, -0.2) is 13.2 Å². The van der Waals surface area contributed by atoms with Crippen LogP contribution in [0.1, 0.15) is 12.8 Å². The molecule has 49 valence electrons. The van der Waals surface area contributed by atoms with Crippen LogP contribution >= 0.6 is 0 Å². The Labute approximate surface area is 49.9 Å². The van der Waals surface area contributed by atoms with E-state index < -0.39 is 0 Å².